The summed E-state index contributed by atoms with van der Waals surface area (Å²) in [6, 6.07) is 11.0. The fraction of sp³-hybridized carbons (Fsp3) is 0.133. The topological polar surface area (TPSA) is 68.0 Å². The zero-order chi connectivity index (χ0) is 16.2. The van der Waals surface area contributed by atoms with Crippen molar-refractivity contribution in [2.24, 2.45) is 0 Å². The summed E-state index contributed by atoms with van der Waals surface area (Å²) >= 11 is 13.1. The summed E-state index contributed by atoms with van der Waals surface area (Å²) in [7, 11) is 0. The summed E-state index contributed by atoms with van der Waals surface area (Å²) in [5.74, 6) is 0.122. The number of thiophene rings is 1. The predicted octanol–water partition coefficient (Wildman–Crippen LogP) is 4.68. The molecule has 0 spiro atoms. The van der Waals surface area contributed by atoms with Crippen LogP contribution < -0.4 is 5.32 Å². The largest absolute Gasteiger partial charge is 0.402 e. The van der Waals surface area contributed by atoms with Gasteiger partial charge in [-0.1, -0.05) is 40.4 Å². The molecule has 2 heterocycles. The monoisotopic (exact) mass is 367 g/mol. The van der Waals surface area contributed by atoms with E-state index in [1.807, 2.05) is 18.2 Å². The van der Waals surface area contributed by atoms with E-state index in [2.05, 4.69) is 15.5 Å². The fourth-order valence-electron chi connectivity index (χ4n) is 1.93. The van der Waals surface area contributed by atoms with Crippen LogP contribution in [0, 0.1) is 0 Å². The highest BCUT2D eigenvalue weighted by molar-refractivity contribution is 7.19. The number of halogens is 2. The molecule has 23 heavy (non-hydrogen) atoms. The van der Waals surface area contributed by atoms with Crippen LogP contribution in [0.4, 0.5) is 6.01 Å². The van der Waals surface area contributed by atoms with Gasteiger partial charge in [0.05, 0.1) is 9.21 Å². The second-order valence-electron chi connectivity index (χ2n) is 4.69. The molecule has 1 N–H and O–H groups in total. The highest BCUT2D eigenvalue weighted by Crippen LogP contribution is 2.30. The standard InChI is InChI=1S/C15H11Cl2N3O2S/c16-10-3-1-2-9(8-10)4-7-13(21)18-15-20-19-14(22-15)11-5-6-12(17)23-11/h1-3,5-6,8H,4,7H2,(H,18,20,21). The van der Waals surface area contributed by atoms with Crippen molar-refractivity contribution in [3.05, 3.63) is 51.3 Å². The number of aromatic nitrogens is 2. The Hall–Kier alpha value is -1.89. The average molecular weight is 368 g/mol. The number of anilines is 1. The molecule has 1 aromatic carbocycles. The smallest absolute Gasteiger partial charge is 0.322 e. The molecule has 0 aliphatic rings. The van der Waals surface area contributed by atoms with Crippen molar-refractivity contribution in [3.63, 3.8) is 0 Å². The molecule has 1 amide bonds. The van der Waals surface area contributed by atoms with E-state index in [0.717, 1.165) is 10.4 Å². The number of hydrogen-bond donors (Lipinski definition) is 1. The molecule has 0 atom stereocenters. The lowest BCUT2D eigenvalue weighted by Crippen LogP contribution is -2.12. The number of carbonyl (C=O) groups is 1. The maximum Gasteiger partial charge on any atom is 0.322 e. The second-order valence-corrected chi connectivity index (χ2v) is 6.85. The van der Waals surface area contributed by atoms with Crippen LogP contribution >= 0.6 is 34.5 Å². The van der Waals surface area contributed by atoms with E-state index < -0.39 is 0 Å². The lowest BCUT2D eigenvalue weighted by Gasteiger charge is -2.02. The third kappa shape index (κ3) is 4.31. The molecule has 0 unspecified atom stereocenters. The number of hydrogen-bond acceptors (Lipinski definition) is 5. The Morgan fingerprint density at radius 1 is 1.22 bits per heavy atom. The first-order valence-corrected chi connectivity index (χ1v) is 8.31. The molecule has 0 saturated carbocycles. The van der Waals surface area contributed by atoms with Gasteiger partial charge in [-0.15, -0.1) is 16.4 Å². The van der Waals surface area contributed by atoms with Gasteiger partial charge in [-0.2, -0.15) is 0 Å². The van der Waals surface area contributed by atoms with Crippen molar-refractivity contribution >= 4 is 46.5 Å². The van der Waals surface area contributed by atoms with Crippen LogP contribution in [0.15, 0.2) is 40.8 Å². The van der Waals surface area contributed by atoms with Crippen LogP contribution in [0.25, 0.3) is 10.8 Å². The van der Waals surface area contributed by atoms with Gasteiger partial charge >= 0.3 is 6.01 Å². The van der Waals surface area contributed by atoms with E-state index >= 15 is 0 Å². The van der Waals surface area contributed by atoms with E-state index in [9.17, 15) is 4.79 Å². The van der Waals surface area contributed by atoms with Crippen LogP contribution in [0.2, 0.25) is 9.36 Å². The van der Waals surface area contributed by atoms with Gasteiger partial charge in [0, 0.05) is 11.4 Å². The minimum atomic E-state index is -0.204. The summed E-state index contributed by atoms with van der Waals surface area (Å²) in [5.41, 5.74) is 0.993. The van der Waals surface area contributed by atoms with Gasteiger partial charge in [0.25, 0.3) is 5.89 Å². The lowest BCUT2D eigenvalue weighted by atomic mass is 10.1. The van der Waals surface area contributed by atoms with Crippen LogP contribution in [-0.2, 0) is 11.2 Å². The fourth-order valence-corrected chi connectivity index (χ4v) is 3.11. The Morgan fingerprint density at radius 3 is 2.83 bits per heavy atom. The average Bonchev–Trinajstić information content (AvgIpc) is 3.14. The number of aryl methyl sites for hydroxylation is 1. The SMILES string of the molecule is O=C(CCc1cccc(Cl)c1)Nc1nnc(-c2ccc(Cl)s2)o1. The first-order valence-electron chi connectivity index (χ1n) is 6.73. The summed E-state index contributed by atoms with van der Waals surface area (Å²) in [6.07, 6.45) is 0.872. The molecule has 0 aliphatic heterocycles. The maximum atomic E-state index is 11.9. The third-order valence-electron chi connectivity index (χ3n) is 2.99. The molecule has 0 radical (unpaired) electrons. The van der Waals surface area contributed by atoms with Crippen molar-refractivity contribution < 1.29 is 9.21 Å². The molecule has 0 bridgehead atoms. The third-order valence-corrected chi connectivity index (χ3v) is 4.44. The Kier molecular flexibility index (Phi) is 4.95. The Bertz CT molecular complexity index is 832. The van der Waals surface area contributed by atoms with Gasteiger partial charge in [-0.3, -0.25) is 10.1 Å². The van der Waals surface area contributed by atoms with Crippen LogP contribution in [-0.4, -0.2) is 16.1 Å². The number of carbonyl (C=O) groups excluding carboxylic acids is 1. The summed E-state index contributed by atoms with van der Waals surface area (Å²) in [5, 5.41) is 10.9. The normalized spacial score (nSPS) is 10.7. The molecule has 0 aliphatic carbocycles. The molecule has 8 heteroatoms. The van der Waals surface area contributed by atoms with Gasteiger partial charge in [0.2, 0.25) is 5.91 Å². The van der Waals surface area contributed by atoms with Crippen molar-refractivity contribution in [3.8, 4) is 10.8 Å². The summed E-state index contributed by atoms with van der Waals surface area (Å²) in [4.78, 5) is 12.7. The van der Waals surface area contributed by atoms with Crippen molar-refractivity contribution in [2.45, 2.75) is 12.8 Å². The summed E-state index contributed by atoms with van der Waals surface area (Å²) < 4.78 is 6.03. The first kappa shape index (κ1) is 16.0. The molecule has 118 valence electrons. The molecule has 3 rings (SSSR count). The zero-order valence-electron chi connectivity index (χ0n) is 11.8. The van der Waals surface area contributed by atoms with Gasteiger partial charge in [0.15, 0.2) is 0 Å². The van der Waals surface area contributed by atoms with Crippen molar-refractivity contribution in [1.82, 2.24) is 10.2 Å². The molecular weight excluding hydrogens is 357 g/mol. The highest BCUT2D eigenvalue weighted by Gasteiger charge is 2.13. The van der Waals surface area contributed by atoms with Crippen molar-refractivity contribution in [2.75, 3.05) is 5.32 Å². The van der Waals surface area contributed by atoms with E-state index in [0.29, 0.717) is 28.1 Å². The van der Waals surface area contributed by atoms with Gasteiger partial charge in [0.1, 0.15) is 0 Å². The van der Waals surface area contributed by atoms with E-state index in [4.69, 9.17) is 27.6 Å². The predicted molar refractivity (Wildman–Crippen MR) is 91.0 cm³/mol. The van der Waals surface area contributed by atoms with Crippen molar-refractivity contribution in [1.29, 1.82) is 0 Å². The van der Waals surface area contributed by atoms with Crippen LogP contribution in [0.5, 0.6) is 0 Å². The first-order chi connectivity index (χ1) is 11.1. The van der Waals surface area contributed by atoms with E-state index in [-0.39, 0.29) is 11.9 Å². The molecule has 2 aromatic heterocycles. The van der Waals surface area contributed by atoms with E-state index in [1.54, 1.807) is 18.2 Å². The zero-order valence-corrected chi connectivity index (χ0v) is 14.1. The molecule has 5 nitrogen and oxygen atoms in total. The Morgan fingerprint density at radius 2 is 2.09 bits per heavy atom. The van der Waals surface area contributed by atoms with Crippen LogP contribution in [0.1, 0.15) is 12.0 Å². The molecule has 3 aromatic rings. The Balaban J connectivity index is 1.57. The number of nitrogens with zero attached hydrogens (tertiary/aromatic N) is 2. The Labute approximate surface area is 146 Å². The highest BCUT2D eigenvalue weighted by atomic mass is 35.5. The molecule has 0 fully saturated rings. The molecular formula is C15H11Cl2N3O2S. The number of benzene rings is 1. The van der Waals surface area contributed by atoms with E-state index in [1.165, 1.54) is 11.3 Å². The number of rotatable bonds is 5. The van der Waals surface area contributed by atoms with Gasteiger partial charge < -0.3 is 4.42 Å². The minimum Gasteiger partial charge on any atom is -0.402 e. The van der Waals surface area contributed by atoms with Crippen LogP contribution in [0.3, 0.4) is 0 Å². The molecule has 0 saturated heterocycles. The number of amides is 1. The second kappa shape index (κ2) is 7.12. The number of nitrogens with one attached hydrogen (secondary N) is 1. The maximum absolute atomic E-state index is 11.9. The quantitative estimate of drug-likeness (QED) is 0.710. The lowest BCUT2D eigenvalue weighted by molar-refractivity contribution is -0.116. The minimum absolute atomic E-state index is 0.0700. The van der Waals surface area contributed by atoms with Gasteiger partial charge in [-0.25, -0.2) is 0 Å². The summed E-state index contributed by atoms with van der Waals surface area (Å²) in [6.45, 7) is 0. The van der Waals surface area contributed by atoms with Gasteiger partial charge in [-0.05, 0) is 36.2 Å².